The lowest BCUT2D eigenvalue weighted by atomic mass is 9.80. The van der Waals surface area contributed by atoms with Crippen molar-refractivity contribution >= 4 is 111 Å². The number of primary amides is 2. The van der Waals surface area contributed by atoms with Gasteiger partial charge in [-0.25, -0.2) is 0 Å². The van der Waals surface area contributed by atoms with Crippen LogP contribution in [-0.4, -0.2) is 222 Å². The third-order valence-corrected chi connectivity index (χ3v) is 22.0. The van der Waals surface area contributed by atoms with E-state index in [1.165, 1.54) is 72.7 Å². The van der Waals surface area contributed by atoms with Gasteiger partial charge in [0.25, 0.3) is 0 Å². The number of hydrogen-bond donors (Lipinski definition) is 21. The summed E-state index contributed by atoms with van der Waals surface area (Å²) in [5.74, 6) is -17.0. The number of aliphatic hydroxyl groups excluding tert-OH is 2. The minimum atomic E-state index is -2.07. The van der Waals surface area contributed by atoms with E-state index >= 15 is 28.8 Å². The van der Waals surface area contributed by atoms with Crippen molar-refractivity contribution in [2.75, 3.05) is 6.61 Å². The minimum absolute atomic E-state index is 0.00740. The summed E-state index contributed by atoms with van der Waals surface area (Å²) < 4.78 is 0. The number of aromatic nitrogens is 1. The first kappa shape index (κ1) is 101. The number of amides is 16. The number of benzene rings is 3. The highest BCUT2D eigenvalue weighted by Gasteiger charge is 2.44. The Hall–Kier alpha value is -12.4. The van der Waals surface area contributed by atoms with Crippen molar-refractivity contribution in [1.82, 2.24) is 79.4 Å². The molecule has 4 aromatic rings. The van der Waals surface area contributed by atoms with E-state index in [1.54, 1.807) is 74.6 Å². The number of aromatic amines is 1. The normalized spacial score (nSPS) is 22.7. The Labute approximate surface area is 725 Å². The van der Waals surface area contributed by atoms with Gasteiger partial charge in [0.2, 0.25) is 94.5 Å². The minimum Gasteiger partial charge on any atom is -0.508 e. The van der Waals surface area contributed by atoms with Gasteiger partial charge >= 0.3 is 5.97 Å². The highest BCUT2D eigenvalue weighted by Crippen LogP contribution is 2.31. The number of carbonyl (C=O) groups excluding carboxylic acids is 16. The number of aliphatic carboxylic acids is 1. The molecule has 1 saturated carbocycles. The maximum Gasteiger partial charge on any atom is 0.303 e. The van der Waals surface area contributed by atoms with Gasteiger partial charge in [-0.15, -0.1) is 0 Å². The first-order valence-electron chi connectivity index (χ1n) is 42.5. The molecule has 16 amide bonds. The molecular weight excluding hydrogens is 1620 g/mol. The summed E-state index contributed by atoms with van der Waals surface area (Å²) in [7, 11) is 0. The second-order valence-electron chi connectivity index (χ2n) is 33.3. The van der Waals surface area contributed by atoms with E-state index in [9.17, 15) is 73.2 Å². The summed E-state index contributed by atoms with van der Waals surface area (Å²) in [4.78, 5) is 243. The number of rotatable bonds is 32. The molecule has 1 fully saturated rings. The Morgan fingerprint density at radius 1 is 0.544 bits per heavy atom. The number of allylic oxidation sites excluding steroid dienone is 2. The number of nitrogens with one attached hydrogen (secondary N) is 15. The number of hydrogen-bond acceptors (Lipinski definition) is 20. The summed E-state index contributed by atoms with van der Waals surface area (Å²) >= 11 is 0. The van der Waals surface area contributed by atoms with Crippen LogP contribution >= 0.6 is 0 Å². The molecule has 2 heterocycles. The summed E-state index contributed by atoms with van der Waals surface area (Å²) in [6.45, 7) is 11.6. The number of phenols is 1. The average Bonchev–Trinajstić information content (AvgIpc) is 1.80. The molecule has 0 radical (unpaired) electrons. The van der Waals surface area contributed by atoms with Gasteiger partial charge in [0.05, 0.1) is 12.7 Å². The van der Waals surface area contributed by atoms with Crippen LogP contribution in [0.4, 0.5) is 0 Å². The Morgan fingerprint density at radius 2 is 1.12 bits per heavy atom. The molecule has 38 heteroatoms. The van der Waals surface area contributed by atoms with Crippen LogP contribution < -0.4 is 85.9 Å². The van der Waals surface area contributed by atoms with Crippen LogP contribution in [0.3, 0.4) is 0 Å². The summed E-state index contributed by atoms with van der Waals surface area (Å²) in [6, 6.07) is 2.25. The van der Waals surface area contributed by atoms with Crippen molar-refractivity contribution < 1.29 is 102 Å². The van der Waals surface area contributed by atoms with Crippen LogP contribution in [0, 0.1) is 11.8 Å². The first-order chi connectivity index (χ1) is 59.1. The molecule has 6 rings (SSSR count). The first-order valence-corrected chi connectivity index (χ1v) is 42.5. The van der Waals surface area contributed by atoms with E-state index in [1.807, 2.05) is 12.2 Å². The van der Waals surface area contributed by atoms with Crippen molar-refractivity contribution in [2.24, 2.45) is 23.3 Å². The molecule has 2 aliphatic rings. The number of aromatic hydroxyl groups is 1. The van der Waals surface area contributed by atoms with Crippen LogP contribution in [0.5, 0.6) is 5.75 Å². The number of phenolic OH excluding ortho intramolecular Hbond substituents is 1. The molecule has 0 saturated heterocycles. The van der Waals surface area contributed by atoms with Gasteiger partial charge in [0.1, 0.15) is 89.3 Å². The summed E-state index contributed by atoms with van der Waals surface area (Å²) in [5, 5.41) is 79.2. The number of aliphatic hydroxyl groups is 2. The molecule has 15 atom stereocenters. The third kappa shape index (κ3) is 33.0. The molecule has 38 nitrogen and oxygen atoms in total. The Morgan fingerprint density at radius 3 is 1.73 bits per heavy atom. The highest BCUT2D eigenvalue weighted by atomic mass is 16.4. The summed E-state index contributed by atoms with van der Waals surface area (Å²) in [6.07, 6.45) is 4.80. The number of fused-ring (bicyclic) bond motifs is 1. The number of H-pyrrole nitrogens is 1. The van der Waals surface area contributed by atoms with E-state index in [0.29, 0.717) is 66.1 Å². The monoisotopic (exact) mass is 1740 g/mol. The predicted molar refractivity (Wildman–Crippen MR) is 458 cm³/mol. The maximum atomic E-state index is 15.5. The fourth-order valence-corrected chi connectivity index (χ4v) is 14.3. The molecular formula is C87H125N17O21. The molecule has 1 unspecified atom stereocenters. The van der Waals surface area contributed by atoms with Crippen molar-refractivity contribution in [3.63, 3.8) is 0 Å². The van der Waals surface area contributed by atoms with Gasteiger partial charge in [-0.3, -0.25) is 81.5 Å². The lowest BCUT2D eigenvalue weighted by Crippen LogP contribution is -2.65. The Balaban J connectivity index is 1.44. The molecule has 684 valence electrons. The second kappa shape index (κ2) is 49.2. The van der Waals surface area contributed by atoms with E-state index in [-0.39, 0.29) is 75.4 Å². The molecule has 125 heavy (non-hydrogen) atoms. The van der Waals surface area contributed by atoms with Gasteiger partial charge in [0.15, 0.2) is 0 Å². The smallest absolute Gasteiger partial charge is 0.303 e. The Bertz CT molecular complexity index is 4460. The van der Waals surface area contributed by atoms with Crippen molar-refractivity contribution in [1.29, 1.82) is 0 Å². The maximum absolute atomic E-state index is 15.5. The molecule has 0 spiro atoms. The molecule has 3 aromatic carbocycles. The van der Waals surface area contributed by atoms with Crippen LogP contribution in [0.15, 0.2) is 97.2 Å². The number of carboxylic acids is 1. The van der Waals surface area contributed by atoms with Gasteiger partial charge in [-0.1, -0.05) is 125 Å². The van der Waals surface area contributed by atoms with Crippen LogP contribution in [-0.2, 0) is 101 Å². The quantitative estimate of drug-likeness (QED) is 0.0283. The summed E-state index contributed by atoms with van der Waals surface area (Å²) in [5.41, 5.74) is 8.80. The van der Waals surface area contributed by atoms with E-state index in [4.69, 9.17) is 11.5 Å². The predicted octanol–water partition coefficient (Wildman–Crippen LogP) is -0.146. The van der Waals surface area contributed by atoms with Gasteiger partial charge in [0, 0.05) is 56.1 Å². The van der Waals surface area contributed by atoms with Gasteiger partial charge in [-0.2, -0.15) is 0 Å². The van der Waals surface area contributed by atoms with E-state index in [0.717, 1.165) is 6.42 Å². The number of nitrogens with two attached hydrogens (primary N) is 2. The van der Waals surface area contributed by atoms with Crippen LogP contribution in [0.1, 0.15) is 195 Å². The Kier molecular flexibility index (Phi) is 39.9. The SMILES string of the molecule is CC(=O)N[C@@H](CC(C)C)C(=O)N[C@H](C(=O)N[C@@H](Cc1ccccc1)C(=O)N[C@]1(C)CCCCCCC=CCCCC(C)(C(=O)N[C@@H](CO)C(=O)N[C@@H](C)C(=O)N[C@@H](C)C(N)=O)NC(=O)[C@H](CC2CCC2)NC(=O)[C@H](CCC(N)=O)NC(=O)[C@H](C)NC(=O)[C@H](Cc2c[nH]c3ccccc23)NC(=O)[C@H](Cc2ccc(O)cc2)NC(=O)[C@H](CCC(=O)O)NC1=O)[C@@H](C)O. The molecule has 1 aliphatic heterocycles. The fourth-order valence-electron chi connectivity index (χ4n) is 14.3. The van der Waals surface area contributed by atoms with Crippen molar-refractivity contribution in [2.45, 2.75) is 287 Å². The van der Waals surface area contributed by atoms with E-state index < -0.39 is 229 Å². The van der Waals surface area contributed by atoms with Crippen molar-refractivity contribution in [3.8, 4) is 5.75 Å². The number of para-hydroxylation sites is 1. The average molecular weight is 1750 g/mol. The van der Waals surface area contributed by atoms with Gasteiger partial charge in [-0.05, 0) is 152 Å². The van der Waals surface area contributed by atoms with Gasteiger partial charge < -0.3 is 111 Å². The zero-order valence-corrected chi connectivity index (χ0v) is 72.3. The molecule has 1 aliphatic carbocycles. The number of carbonyl (C=O) groups is 17. The fraction of sp³-hybridized carbons (Fsp3) is 0.552. The standard InChI is InChI=1S/C87H125N17O21/c1-48(2)41-63(94-53(7)107)79(119)102-71(52(6)106)83(123)99-66(42-54-25-18-17-19-26-54)82(122)104-86(8)39-22-15-13-11-10-12-14-16-23-40-87(9,85(125)101-68(47-105)80(120)93-50(4)73(113)91-49(3)72(89)112)103-81(121)65(43-55-27-24-28-55)97-75(115)61(35-37-69(88)109)95-74(114)51(5)92-77(117)67(45-57-46-90-60-30-21-20-29-59(57)60)98-78(118)64(44-56-31-33-58(108)34-32-56)96-76(116)62(100-84(86)124)36-38-70(110)111/h12,14,17-21,25-26,29-34,46,48-52,55,61-68,71,90,105-106,108H,10-11,13,15-16,22-24,27-28,35-45,47H2,1-9H3,(H2,88,109)(H2,89,112)(H,91,113)(H,92,117)(H,93,120)(H,94,107)(H,95,114)(H,96,116)(H,97,115)(H,98,118)(H,99,123)(H,100,124)(H,101,125)(H,102,119)(H,103,121)(H,104,122)(H,110,111)/t49-,50-,51-,52+,61-,62-,63-,64-,65-,66-,67-,68-,71-,86+,87?/m0/s1. The zero-order chi connectivity index (χ0) is 92.4. The molecule has 23 N–H and O–H groups in total. The lowest BCUT2D eigenvalue weighted by molar-refractivity contribution is -0.140. The van der Waals surface area contributed by atoms with Crippen LogP contribution in [0.25, 0.3) is 10.9 Å². The zero-order valence-electron chi connectivity index (χ0n) is 72.3. The molecule has 0 bridgehead atoms. The number of carboxylic acid groups (broad SMARTS) is 1. The largest absolute Gasteiger partial charge is 0.508 e. The third-order valence-electron chi connectivity index (χ3n) is 22.0. The molecule has 1 aromatic heterocycles. The second-order valence-corrected chi connectivity index (χ2v) is 33.3. The van der Waals surface area contributed by atoms with Crippen molar-refractivity contribution in [3.05, 3.63) is 114 Å². The topological polar surface area (TPSA) is 607 Å². The van der Waals surface area contributed by atoms with E-state index in [2.05, 4.69) is 79.4 Å². The lowest BCUT2D eigenvalue weighted by Gasteiger charge is -2.35. The van der Waals surface area contributed by atoms with Crippen LogP contribution in [0.2, 0.25) is 0 Å². The highest BCUT2D eigenvalue weighted by molar-refractivity contribution is 6.02.